The lowest BCUT2D eigenvalue weighted by Gasteiger charge is -2.21. The molecule has 1 atom stereocenters. The number of aliphatic hydroxyl groups is 1. The first kappa shape index (κ1) is 17.8. The van der Waals surface area contributed by atoms with Crippen LogP contribution in [0.5, 0.6) is 0 Å². The monoisotopic (exact) mass is 333 g/mol. The van der Waals surface area contributed by atoms with E-state index in [4.69, 9.17) is 28.3 Å². The van der Waals surface area contributed by atoms with E-state index in [1.165, 1.54) is 6.92 Å². The van der Waals surface area contributed by atoms with Gasteiger partial charge in [0.15, 0.2) is 0 Å². The second-order valence-electron chi connectivity index (χ2n) is 5.08. The highest BCUT2D eigenvalue weighted by atomic mass is 35.5. The Kier molecular flexibility index (Phi) is 6.45. The lowest BCUT2D eigenvalue weighted by molar-refractivity contribution is -0.142. The normalized spacial score (nSPS) is 13.5. The molecule has 3 N–H and O–H groups in total. The maximum absolute atomic E-state index is 11.7. The molecule has 116 valence electrons. The van der Waals surface area contributed by atoms with Crippen molar-refractivity contribution in [2.75, 3.05) is 6.54 Å². The van der Waals surface area contributed by atoms with E-state index >= 15 is 0 Å². The van der Waals surface area contributed by atoms with Gasteiger partial charge in [0.05, 0.1) is 12.0 Å². The number of carboxylic acids is 1. The van der Waals surface area contributed by atoms with Crippen LogP contribution in [0.3, 0.4) is 0 Å². The van der Waals surface area contributed by atoms with Crippen molar-refractivity contribution in [2.24, 2.45) is 0 Å². The number of amides is 1. The van der Waals surface area contributed by atoms with Gasteiger partial charge in [0.1, 0.15) is 0 Å². The number of rotatable bonds is 7. The van der Waals surface area contributed by atoms with Crippen molar-refractivity contribution in [2.45, 2.75) is 31.8 Å². The number of carbonyl (C=O) groups excluding carboxylic acids is 1. The fraction of sp³-hybridized carbons (Fsp3) is 0.429. The standard InChI is InChI=1S/C14H17Cl2NO4/c1-14(21,7-13(19)20)8-17-12(18)5-3-9-2-4-10(15)6-11(9)16/h2,4,6,21H,3,5,7-8H2,1H3,(H,17,18)(H,19,20). The van der Waals surface area contributed by atoms with Gasteiger partial charge in [-0.3, -0.25) is 9.59 Å². The van der Waals surface area contributed by atoms with E-state index in [1.54, 1.807) is 18.2 Å². The smallest absolute Gasteiger partial charge is 0.306 e. The predicted molar refractivity (Wildman–Crippen MR) is 80.7 cm³/mol. The van der Waals surface area contributed by atoms with Gasteiger partial charge in [-0.1, -0.05) is 29.3 Å². The largest absolute Gasteiger partial charge is 0.481 e. The van der Waals surface area contributed by atoms with Gasteiger partial charge in [-0.15, -0.1) is 0 Å². The molecule has 21 heavy (non-hydrogen) atoms. The van der Waals surface area contributed by atoms with Crippen molar-refractivity contribution in [3.05, 3.63) is 33.8 Å². The van der Waals surface area contributed by atoms with Gasteiger partial charge in [-0.05, 0) is 31.0 Å². The summed E-state index contributed by atoms with van der Waals surface area (Å²) in [6, 6.07) is 5.05. The van der Waals surface area contributed by atoms with Crippen LogP contribution in [0.15, 0.2) is 18.2 Å². The van der Waals surface area contributed by atoms with E-state index in [1.807, 2.05) is 0 Å². The summed E-state index contributed by atoms with van der Waals surface area (Å²) in [7, 11) is 0. The van der Waals surface area contributed by atoms with Crippen molar-refractivity contribution in [1.29, 1.82) is 0 Å². The molecule has 0 bridgehead atoms. The zero-order valence-corrected chi connectivity index (χ0v) is 13.0. The van der Waals surface area contributed by atoms with Crippen LogP contribution in [0.4, 0.5) is 0 Å². The molecule has 0 aromatic heterocycles. The number of hydrogen-bond donors (Lipinski definition) is 3. The minimum Gasteiger partial charge on any atom is -0.481 e. The van der Waals surface area contributed by atoms with Crippen molar-refractivity contribution in [3.8, 4) is 0 Å². The molecule has 0 aliphatic carbocycles. The molecule has 0 saturated heterocycles. The molecule has 1 rings (SSSR count). The first-order valence-electron chi connectivity index (χ1n) is 6.34. The molecule has 0 aliphatic rings. The number of aryl methyl sites for hydroxylation is 1. The number of carboxylic acid groups (broad SMARTS) is 1. The summed E-state index contributed by atoms with van der Waals surface area (Å²) in [6.45, 7) is 1.24. The van der Waals surface area contributed by atoms with Crippen LogP contribution in [0, 0.1) is 0 Å². The number of benzene rings is 1. The summed E-state index contributed by atoms with van der Waals surface area (Å²) < 4.78 is 0. The molecule has 7 heteroatoms. The summed E-state index contributed by atoms with van der Waals surface area (Å²) in [4.78, 5) is 22.2. The minimum absolute atomic E-state index is 0.119. The molecule has 0 heterocycles. The highest BCUT2D eigenvalue weighted by Gasteiger charge is 2.24. The third kappa shape index (κ3) is 6.80. The van der Waals surface area contributed by atoms with E-state index in [0.717, 1.165) is 5.56 Å². The van der Waals surface area contributed by atoms with Crippen LogP contribution in [-0.4, -0.2) is 34.2 Å². The van der Waals surface area contributed by atoms with Crippen molar-refractivity contribution < 1.29 is 19.8 Å². The van der Waals surface area contributed by atoms with E-state index in [9.17, 15) is 14.7 Å². The molecular weight excluding hydrogens is 317 g/mol. The second-order valence-corrected chi connectivity index (χ2v) is 5.92. The number of hydrogen-bond acceptors (Lipinski definition) is 3. The van der Waals surface area contributed by atoms with Gasteiger partial charge in [0.25, 0.3) is 0 Å². The van der Waals surface area contributed by atoms with Gasteiger partial charge in [-0.2, -0.15) is 0 Å². The van der Waals surface area contributed by atoms with Gasteiger partial charge >= 0.3 is 5.97 Å². The van der Waals surface area contributed by atoms with Crippen LogP contribution in [0.1, 0.15) is 25.3 Å². The Hall–Kier alpha value is -1.30. The van der Waals surface area contributed by atoms with Crippen molar-refractivity contribution >= 4 is 35.1 Å². The fourth-order valence-corrected chi connectivity index (χ4v) is 2.24. The number of carbonyl (C=O) groups is 2. The highest BCUT2D eigenvalue weighted by Crippen LogP contribution is 2.22. The maximum Gasteiger partial charge on any atom is 0.306 e. The Balaban J connectivity index is 2.42. The molecule has 1 aromatic carbocycles. The summed E-state index contributed by atoms with van der Waals surface area (Å²) in [6.07, 6.45) is 0.184. The Labute approximate surface area is 132 Å². The molecule has 0 aliphatic heterocycles. The van der Waals surface area contributed by atoms with E-state index in [0.29, 0.717) is 16.5 Å². The molecule has 5 nitrogen and oxygen atoms in total. The van der Waals surface area contributed by atoms with Crippen LogP contribution in [0.25, 0.3) is 0 Å². The zero-order chi connectivity index (χ0) is 16.0. The van der Waals surface area contributed by atoms with E-state index < -0.39 is 18.0 Å². The van der Waals surface area contributed by atoms with Gasteiger partial charge < -0.3 is 15.5 Å². The predicted octanol–water partition coefficient (Wildman–Crippen LogP) is 2.27. The van der Waals surface area contributed by atoms with Crippen LogP contribution >= 0.6 is 23.2 Å². The molecular formula is C14H17Cl2NO4. The van der Waals surface area contributed by atoms with E-state index in [-0.39, 0.29) is 18.9 Å². The molecule has 0 saturated carbocycles. The lowest BCUT2D eigenvalue weighted by atomic mass is 10.0. The third-order valence-electron chi connectivity index (χ3n) is 2.83. The van der Waals surface area contributed by atoms with E-state index in [2.05, 4.69) is 5.32 Å². The molecule has 0 radical (unpaired) electrons. The summed E-state index contributed by atoms with van der Waals surface area (Å²) in [5.74, 6) is -1.41. The number of halogens is 2. The Bertz CT molecular complexity index is 532. The first-order valence-corrected chi connectivity index (χ1v) is 7.10. The quantitative estimate of drug-likeness (QED) is 0.714. The second kappa shape index (κ2) is 7.64. The summed E-state index contributed by atoms with van der Waals surface area (Å²) >= 11 is 11.8. The average Bonchev–Trinajstić information content (AvgIpc) is 2.34. The van der Waals surface area contributed by atoms with Crippen LogP contribution < -0.4 is 5.32 Å². The molecule has 0 fully saturated rings. The third-order valence-corrected chi connectivity index (χ3v) is 3.42. The zero-order valence-electron chi connectivity index (χ0n) is 11.5. The van der Waals surface area contributed by atoms with Gasteiger partial charge in [-0.25, -0.2) is 0 Å². The number of aliphatic carboxylic acids is 1. The highest BCUT2D eigenvalue weighted by molar-refractivity contribution is 6.35. The van der Waals surface area contributed by atoms with Crippen LogP contribution in [0.2, 0.25) is 10.0 Å². The average molecular weight is 334 g/mol. The SMILES string of the molecule is CC(O)(CNC(=O)CCc1ccc(Cl)cc1Cl)CC(=O)O. The fourth-order valence-electron chi connectivity index (χ4n) is 1.74. The Morgan fingerprint density at radius 1 is 1.33 bits per heavy atom. The lowest BCUT2D eigenvalue weighted by Crippen LogP contribution is -2.42. The minimum atomic E-state index is -1.47. The molecule has 0 spiro atoms. The maximum atomic E-state index is 11.7. The molecule has 1 aromatic rings. The first-order chi connectivity index (χ1) is 9.69. The van der Waals surface area contributed by atoms with Crippen molar-refractivity contribution in [3.63, 3.8) is 0 Å². The number of nitrogens with one attached hydrogen (secondary N) is 1. The van der Waals surface area contributed by atoms with Crippen molar-refractivity contribution in [1.82, 2.24) is 5.32 Å². The molecule has 1 amide bonds. The Morgan fingerprint density at radius 2 is 2.00 bits per heavy atom. The van der Waals surface area contributed by atoms with Gasteiger partial charge in [0.2, 0.25) is 5.91 Å². The summed E-state index contributed by atoms with van der Waals surface area (Å²) in [5, 5.41) is 21.9. The topological polar surface area (TPSA) is 86.6 Å². The van der Waals surface area contributed by atoms with Crippen LogP contribution in [-0.2, 0) is 16.0 Å². The summed E-state index contributed by atoms with van der Waals surface area (Å²) in [5.41, 5.74) is -0.673. The Morgan fingerprint density at radius 3 is 2.57 bits per heavy atom. The van der Waals surface area contributed by atoms with Gasteiger partial charge in [0, 0.05) is 23.0 Å². The molecule has 1 unspecified atom stereocenters.